The van der Waals surface area contributed by atoms with Gasteiger partial charge in [0, 0.05) is 38.4 Å². The Morgan fingerprint density at radius 2 is 1.38 bits per heavy atom. The fraction of sp³-hybridized carbons (Fsp3) is 1.00. The van der Waals surface area contributed by atoms with Gasteiger partial charge in [-0.25, -0.2) is 0 Å². The zero-order chi connectivity index (χ0) is 8.93. The molecule has 1 aliphatic heterocycles. The molecule has 76 valence electrons. The Balaban J connectivity index is 1.46. The maximum absolute atomic E-state index is 5.30. The number of rotatable bonds is 5. The van der Waals surface area contributed by atoms with Crippen molar-refractivity contribution in [2.45, 2.75) is 37.8 Å². The second-order valence-electron chi connectivity index (χ2n) is 4.07. The molecule has 13 heavy (non-hydrogen) atoms. The van der Waals surface area contributed by atoms with Crippen LogP contribution in [0.1, 0.15) is 25.7 Å². The predicted molar refractivity (Wildman–Crippen MR) is 52.9 cm³/mol. The minimum Gasteiger partial charge on any atom is -0.381 e. The number of nitrogens with one attached hydrogen (secondary N) is 2. The summed E-state index contributed by atoms with van der Waals surface area (Å²) in [5, 5.41) is 7.06. The molecule has 2 fully saturated rings. The van der Waals surface area contributed by atoms with Crippen molar-refractivity contribution in [2.75, 3.05) is 26.3 Å². The van der Waals surface area contributed by atoms with Crippen molar-refractivity contribution in [1.29, 1.82) is 0 Å². The maximum atomic E-state index is 5.30. The molecule has 0 aromatic heterocycles. The summed E-state index contributed by atoms with van der Waals surface area (Å²) >= 11 is 0. The van der Waals surface area contributed by atoms with E-state index in [9.17, 15) is 0 Å². The summed E-state index contributed by atoms with van der Waals surface area (Å²) in [6, 6.07) is 1.55. The minimum atomic E-state index is 0.703. The molecule has 0 spiro atoms. The van der Waals surface area contributed by atoms with E-state index in [-0.39, 0.29) is 0 Å². The molecular weight excluding hydrogens is 164 g/mol. The molecule has 0 unspecified atom stereocenters. The van der Waals surface area contributed by atoms with Crippen LogP contribution in [0.5, 0.6) is 0 Å². The van der Waals surface area contributed by atoms with Crippen LogP contribution in [0.3, 0.4) is 0 Å². The molecule has 1 saturated heterocycles. The average molecular weight is 184 g/mol. The summed E-state index contributed by atoms with van der Waals surface area (Å²) in [6.45, 7) is 4.12. The third-order valence-corrected chi connectivity index (χ3v) is 2.79. The van der Waals surface area contributed by atoms with Crippen LogP contribution in [0.15, 0.2) is 0 Å². The van der Waals surface area contributed by atoms with E-state index in [4.69, 9.17) is 4.74 Å². The highest BCUT2D eigenvalue weighted by molar-refractivity contribution is 4.81. The van der Waals surface area contributed by atoms with Gasteiger partial charge >= 0.3 is 0 Å². The predicted octanol–water partition coefficient (Wildman–Crippen LogP) is 0.507. The summed E-state index contributed by atoms with van der Waals surface area (Å²) < 4.78 is 5.30. The Bertz CT molecular complexity index is 142. The Kier molecular flexibility index (Phi) is 3.58. The zero-order valence-corrected chi connectivity index (χ0v) is 8.22. The lowest BCUT2D eigenvalue weighted by molar-refractivity contribution is 0.0782. The van der Waals surface area contributed by atoms with Gasteiger partial charge in [0.1, 0.15) is 0 Å². The van der Waals surface area contributed by atoms with Crippen molar-refractivity contribution in [3.63, 3.8) is 0 Å². The van der Waals surface area contributed by atoms with Gasteiger partial charge in [0.2, 0.25) is 0 Å². The van der Waals surface area contributed by atoms with Gasteiger partial charge in [-0.2, -0.15) is 0 Å². The molecule has 0 atom stereocenters. The Morgan fingerprint density at radius 3 is 1.92 bits per heavy atom. The van der Waals surface area contributed by atoms with Crippen molar-refractivity contribution in [1.82, 2.24) is 10.6 Å². The van der Waals surface area contributed by atoms with Crippen LogP contribution in [0.2, 0.25) is 0 Å². The molecular formula is C10H20N2O. The largest absolute Gasteiger partial charge is 0.381 e. The van der Waals surface area contributed by atoms with E-state index < -0.39 is 0 Å². The summed E-state index contributed by atoms with van der Waals surface area (Å²) in [5.41, 5.74) is 0. The van der Waals surface area contributed by atoms with Crippen molar-refractivity contribution in [2.24, 2.45) is 0 Å². The molecule has 1 saturated carbocycles. The summed E-state index contributed by atoms with van der Waals surface area (Å²) in [5.74, 6) is 0. The molecule has 0 radical (unpaired) electrons. The Hall–Kier alpha value is -0.120. The van der Waals surface area contributed by atoms with E-state index in [0.717, 1.165) is 32.3 Å². The van der Waals surface area contributed by atoms with Gasteiger partial charge < -0.3 is 15.4 Å². The fourth-order valence-electron chi connectivity index (χ4n) is 1.74. The third-order valence-electron chi connectivity index (χ3n) is 2.79. The topological polar surface area (TPSA) is 33.3 Å². The van der Waals surface area contributed by atoms with Gasteiger partial charge in [-0.15, -0.1) is 0 Å². The smallest absolute Gasteiger partial charge is 0.0480 e. The van der Waals surface area contributed by atoms with E-state index in [1.54, 1.807) is 0 Å². The normalized spacial score (nSPS) is 24.9. The van der Waals surface area contributed by atoms with Crippen LogP contribution in [0, 0.1) is 0 Å². The van der Waals surface area contributed by atoms with Gasteiger partial charge in [0.05, 0.1) is 0 Å². The highest BCUT2D eigenvalue weighted by Crippen LogP contribution is 2.17. The van der Waals surface area contributed by atoms with Crippen LogP contribution in [0.25, 0.3) is 0 Å². The van der Waals surface area contributed by atoms with Crippen molar-refractivity contribution < 1.29 is 4.74 Å². The van der Waals surface area contributed by atoms with Crippen LogP contribution in [0.4, 0.5) is 0 Å². The standard InChI is InChI=1S/C10H20N2O/c1-2-9(1)11-5-6-12-10-3-7-13-8-4-10/h9-12H,1-8H2. The van der Waals surface area contributed by atoms with Gasteiger partial charge in [0.25, 0.3) is 0 Å². The van der Waals surface area contributed by atoms with Crippen LogP contribution >= 0.6 is 0 Å². The molecule has 0 amide bonds. The molecule has 0 aromatic carbocycles. The van der Waals surface area contributed by atoms with Gasteiger partial charge in [-0.1, -0.05) is 0 Å². The van der Waals surface area contributed by atoms with Crippen LogP contribution in [-0.4, -0.2) is 38.4 Å². The first-order valence-electron chi connectivity index (χ1n) is 5.49. The van der Waals surface area contributed by atoms with E-state index in [2.05, 4.69) is 10.6 Å². The van der Waals surface area contributed by atoms with Gasteiger partial charge in [-0.3, -0.25) is 0 Å². The molecule has 3 heteroatoms. The molecule has 1 heterocycles. The first-order valence-corrected chi connectivity index (χ1v) is 5.49. The van der Waals surface area contributed by atoms with E-state index in [0.29, 0.717) is 6.04 Å². The van der Waals surface area contributed by atoms with Crippen molar-refractivity contribution in [3.05, 3.63) is 0 Å². The van der Waals surface area contributed by atoms with Gasteiger partial charge in [0.15, 0.2) is 0 Å². The second kappa shape index (κ2) is 4.94. The second-order valence-corrected chi connectivity index (χ2v) is 4.07. The molecule has 1 aliphatic carbocycles. The Morgan fingerprint density at radius 1 is 0.846 bits per heavy atom. The molecule has 2 aliphatic rings. The fourth-order valence-corrected chi connectivity index (χ4v) is 1.74. The number of hydrogen-bond acceptors (Lipinski definition) is 3. The lowest BCUT2D eigenvalue weighted by Crippen LogP contribution is -2.39. The zero-order valence-electron chi connectivity index (χ0n) is 8.22. The van der Waals surface area contributed by atoms with E-state index in [1.165, 1.54) is 25.7 Å². The van der Waals surface area contributed by atoms with Crippen LogP contribution in [-0.2, 0) is 4.74 Å². The number of hydrogen-bond donors (Lipinski definition) is 2. The quantitative estimate of drug-likeness (QED) is 0.611. The minimum absolute atomic E-state index is 0.703. The summed E-state index contributed by atoms with van der Waals surface area (Å²) in [4.78, 5) is 0. The summed E-state index contributed by atoms with van der Waals surface area (Å²) in [6.07, 6.45) is 5.14. The van der Waals surface area contributed by atoms with Crippen molar-refractivity contribution in [3.8, 4) is 0 Å². The first-order chi connectivity index (χ1) is 6.45. The summed E-state index contributed by atoms with van der Waals surface area (Å²) in [7, 11) is 0. The highest BCUT2D eigenvalue weighted by Gasteiger charge is 2.19. The SMILES string of the molecule is C(CNC1CC1)NC1CCOCC1. The third kappa shape index (κ3) is 3.63. The Labute approximate surface area is 80.2 Å². The van der Waals surface area contributed by atoms with E-state index >= 15 is 0 Å². The van der Waals surface area contributed by atoms with Crippen molar-refractivity contribution >= 4 is 0 Å². The monoisotopic (exact) mass is 184 g/mol. The molecule has 2 rings (SSSR count). The average Bonchev–Trinajstić information content (AvgIpc) is 2.98. The first kappa shape index (κ1) is 9.44. The number of ether oxygens (including phenoxy) is 1. The highest BCUT2D eigenvalue weighted by atomic mass is 16.5. The lowest BCUT2D eigenvalue weighted by atomic mass is 10.1. The molecule has 3 nitrogen and oxygen atoms in total. The lowest BCUT2D eigenvalue weighted by Gasteiger charge is -2.23. The van der Waals surface area contributed by atoms with Gasteiger partial charge in [-0.05, 0) is 25.7 Å². The van der Waals surface area contributed by atoms with E-state index in [1.807, 2.05) is 0 Å². The maximum Gasteiger partial charge on any atom is 0.0480 e. The molecule has 2 N–H and O–H groups in total. The van der Waals surface area contributed by atoms with Crippen LogP contribution < -0.4 is 10.6 Å². The molecule has 0 bridgehead atoms. The molecule has 0 aromatic rings.